The molecule has 4 nitrogen and oxygen atoms in total. The number of hydrogen-bond donors (Lipinski definition) is 1. The van der Waals surface area contributed by atoms with Crippen LogP contribution in [0.2, 0.25) is 0 Å². The van der Waals surface area contributed by atoms with Crippen molar-refractivity contribution in [3.05, 3.63) is 46.0 Å². The zero-order chi connectivity index (χ0) is 18.1. The van der Waals surface area contributed by atoms with E-state index in [1.165, 1.54) is 12.1 Å². The van der Waals surface area contributed by atoms with E-state index >= 15 is 0 Å². The molecule has 0 radical (unpaired) electrons. The number of hydrogen-bond acceptors (Lipinski definition) is 4. The fourth-order valence-electron chi connectivity index (χ4n) is 1.81. The summed E-state index contributed by atoms with van der Waals surface area (Å²) >= 11 is 0.527. The molecular weight excluding hydrogens is 341 g/mol. The minimum Gasteiger partial charge on any atom is -0.302 e. The van der Waals surface area contributed by atoms with E-state index in [1.54, 1.807) is 26.0 Å². The van der Waals surface area contributed by atoms with Gasteiger partial charge in [0.1, 0.15) is 4.88 Å². The Morgan fingerprint density at radius 3 is 2.25 bits per heavy atom. The molecule has 1 N–H and O–H groups in total. The molecule has 0 aliphatic heterocycles. The van der Waals surface area contributed by atoms with E-state index in [-0.39, 0.29) is 10.7 Å². The molecule has 0 saturated heterocycles. The molecule has 0 spiro atoms. The number of aromatic nitrogens is 1. The van der Waals surface area contributed by atoms with Gasteiger partial charge in [-0.2, -0.15) is 13.2 Å². The van der Waals surface area contributed by atoms with E-state index in [9.17, 15) is 22.8 Å². The number of aryl methyl sites for hydroxylation is 1. The molecule has 1 heterocycles. The topological polar surface area (TPSA) is 59.1 Å². The molecule has 1 aromatic carbocycles. The van der Waals surface area contributed by atoms with E-state index in [4.69, 9.17) is 0 Å². The zero-order valence-electron chi connectivity index (χ0n) is 13.2. The van der Waals surface area contributed by atoms with Crippen molar-refractivity contribution in [2.24, 2.45) is 5.92 Å². The van der Waals surface area contributed by atoms with Crippen LogP contribution in [0.4, 0.5) is 18.3 Å². The number of alkyl halides is 3. The summed E-state index contributed by atoms with van der Waals surface area (Å²) in [5, 5.41) is 2.07. The molecule has 0 aliphatic carbocycles. The molecule has 0 bridgehead atoms. The largest absolute Gasteiger partial charge is 0.435 e. The minimum absolute atomic E-state index is 0.136. The van der Waals surface area contributed by atoms with Crippen molar-refractivity contribution in [3.8, 4) is 0 Å². The van der Waals surface area contributed by atoms with Crippen LogP contribution in [0.15, 0.2) is 24.3 Å². The summed E-state index contributed by atoms with van der Waals surface area (Å²) < 4.78 is 39.5. The van der Waals surface area contributed by atoms with Crippen LogP contribution in [0.1, 0.15) is 40.3 Å². The lowest BCUT2D eigenvalue weighted by atomic mass is 10.1. The molecule has 2 rings (SSSR count). The van der Waals surface area contributed by atoms with Crippen molar-refractivity contribution >= 4 is 28.2 Å². The van der Waals surface area contributed by atoms with Gasteiger partial charge in [-0.05, 0) is 6.92 Å². The fourth-order valence-corrected chi connectivity index (χ4v) is 2.76. The second-order valence-electron chi connectivity index (χ2n) is 5.53. The Hall–Kier alpha value is -2.22. The van der Waals surface area contributed by atoms with Gasteiger partial charge in [0.2, 0.25) is 11.7 Å². The number of rotatable bonds is 4. The van der Waals surface area contributed by atoms with Crippen molar-refractivity contribution in [2.75, 3.05) is 5.32 Å². The Labute approximate surface area is 140 Å². The first-order valence-electron chi connectivity index (χ1n) is 7.10. The van der Waals surface area contributed by atoms with Crippen LogP contribution in [-0.2, 0) is 11.0 Å². The molecule has 1 aromatic heterocycles. The van der Waals surface area contributed by atoms with Crippen LogP contribution in [0.25, 0.3) is 0 Å². The van der Waals surface area contributed by atoms with Crippen LogP contribution < -0.4 is 5.32 Å². The lowest BCUT2D eigenvalue weighted by Gasteiger charge is -2.05. The fraction of sp³-hybridized carbons (Fsp3) is 0.312. The molecule has 8 heteroatoms. The second kappa shape index (κ2) is 6.72. The monoisotopic (exact) mass is 356 g/mol. The molecular formula is C16H15F3N2O2S. The third-order valence-corrected chi connectivity index (χ3v) is 4.14. The summed E-state index contributed by atoms with van der Waals surface area (Å²) in [6.45, 7) is 5.01. The lowest BCUT2D eigenvalue weighted by molar-refractivity contribution is -0.141. The van der Waals surface area contributed by atoms with Gasteiger partial charge in [-0.25, -0.2) is 4.98 Å². The van der Waals surface area contributed by atoms with Crippen molar-refractivity contribution in [1.82, 2.24) is 4.98 Å². The Morgan fingerprint density at radius 2 is 1.75 bits per heavy atom. The average molecular weight is 356 g/mol. The Morgan fingerprint density at radius 1 is 1.17 bits per heavy atom. The average Bonchev–Trinajstić information content (AvgIpc) is 2.91. The first-order chi connectivity index (χ1) is 11.1. The van der Waals surface area contributed by atoms with Crippen molar-refractivity contribution < 1.29 is 22.8 Å². The van der Waals surface area contributed by atoms with Crippen molar-refractivity contribution in [2.45, 2.75) is 26.9 Å². The summed E-state index contributed by atoms with van der Waals surface area (Å²) in [4.78, 5) is 26.9. The maximum atomic E-state index is 13.2. The number of ketones is 1. The highest BCUT2D eigenvalue weighted by Crippen LogP contribution is 2.37. The molecule has 0 unspecified atom stereocenters. The molecule has 0 atom stereocenters. The minimum atomic E-state index is -4.78. The molecule has 0 aliphatic rings. The zero-order valence-corrected chi connectivity index (χ0v) is 14.0. The predicted octanol–water partition coefficient (Wildman–Crippen LogP) is 4.30. The molecule has 2 aromatic rings. The van der Waals surface area contributed by atoms with Crippen LogP contribution in [0.3, 0.4) is 0 Å². The Kier molecular flexibility index (Phi) is 5.08. The van der Waals surface area contributed by atoms with Crippen molar-refractivity contribution in [1.29, 1.82) is 0 Å². The quantitative estimate of drug-likeness (QED) is 0.831. The van der Waals surface area contributed by atoms with E-state index < -0.39 is 34.4 Å². The lowest BCUT2D eigenvalue weighted by Crippen LogP contribution is -2.18. The maximum Gasteiger partial charge on any atom is 0.435 e. The third-order valence-electron chi connectivity index (χ3n) is 3.17. The normalized spacial score (nSPS) is 11.6. The summed E-state index contributed by atoms with van der Waals surface area (Å²) in [5.74, 6) is -1.66. The highest BCUT2D eigenvalue weighted by molar-refractivity contribution is 7.18. The molecule has 0 saturated carbocycles. The van der Waals surface area contributed by atoms with Crippen molar-refractivity contribution in [3.63, 3.8) is 0 Å². The van der Waals surface area contributed by atoms with Gasteiger partial charge in [0.05, 0.1) is 0 Å². The number of nitrogens with one attached hydrogen (secondary N) is 1. The van der Waals surface area contributed by atoms with Crippen LogP contribution in [-0.4, -0.2) is 16.7 Å². The van der Waals surface area contributed by atoms with Gasteiger partial charge < -0.3 is 5.32 Å². The summed E-state index contributed by atoms with van der Waals surface area (Å²) in [6.07, 6.45) is -4.78. The number of anilines is 1. The number of carbonyl (C=O) groups is 2. The second-order valence-corrected chi connectivity index (χ2v) is 6.53. The number of halogens is 3. The molecule has 128 valence electrons. The maximum absolute atomic E-state index is 13.2. The van der Waals surface area contributed by atoms with Gasteiger partial charge in [0.25, 0.3) is 0 Å². The number of amides is 1. The van der Waals surface area contributed by atoms with E-state index in [0.717, 1.165) is 5.56 Å². The summed E-state index contributed by atoms with van der Waals surface area (Å²) in [6, 6.07) is 6.21. The SMILES string of the molecule is Cc1ccc(C(=O)c2sc(NC(=O)C(C)C)nc2C(F)(F)F)cc1. The number of thiazole rings is 1. The van der Waals surface area contributed by atoms with Crippen LogP contribution in [0.5, 0.6) is 0 Å². The standard InChI is InChI=1S/C16H15F3N2O2S/c1-8(2)14(23)21-15-20-13(16(17,18)19)12(24-15)11(22)10-6-4-9(3)5-7-10/h4-8H,1-3H3,(H,20,21,23). The van der Waals surface area contributed by atoms with Gasteiger partial charge >= 0.3 is 6.18 Å². The van der Waals surface area contributed by atoms with Gasteiger partial charge in [0.15, 0.2) is 10.8 Å². The Balaban J connectivity index is 2.43. The third kappa shape index (κ3) is 4.00. The molecule has 24 heavy (non-hydrogen) atoms. The number of nitrogens with zero attached hydrogens (tertiary/aromatic N) is 1. The highest BCUT2D eigenvalue weighted by Gasteiger charge is 2.40. The van der Waals surface area contributed by atoms with Gasteiger partial charge in [0, 0.05) is 11.5 Å². The summed E-state index contributed by atoms with van der Waals surface area (Å²) in [7, 11) is 0. The highest BCUT2D eigenvalue weighted by atomic mass is 32.1. The van der Waals surface area contributed by atoms with E-state index in [1.807, 2.05) is 6.92 Å². The van der Waals surface area contributed by atoms with Crippen LogP contribution >= 0.6 is 11.3 Å². The smallest absolute Gasteiger partial charge is 0.302 e. The molecule has 1 amide bonds. The van der Waals surface area contributed by atoms with Crippen LogP contribution in [0, 0.1) is 12.8 Å². The summed E-state index contributed by atoms with van der Waals surface area (Å²) in [5.41, 5.74) is -0.259. The Bertz CT molecular complexity index is 765. The molecule has 0 fully saturated rings. The van der Waals surface area contributed by atoms with Gasteiger partial charge in [-0.3, -0.25) is 9.59 Å². The number of benzene rings is 1. The predicted molar refractivity (Wildman–Crippen MR) is 85.2 cm³/mol. The van der Waals surface area contributed by atoms with E-state index in [0.29, 0.717) is 11.3 Å². The van der Waals surface area contributed by atoms with Gasteiger partial charge in [-0.1, -0.05) is 55.0 Å². The van der Waals surface area contributed by atoms with E-state index in [2.05, 4.69) is 10.3 Å². The van der Waals surface area contributed by atoms with Gasteiger partial charge in [-0.15, -0.1) is 0 Å². The number of carbonyl (C=O) groups excluding carboxylic acids is 2. The first-order valence-corrected chi connectivity index (χ1v) is 7.91. The first kappa shape index (κ1) is 18.1.